The number of benzene rings is 1. The Hall–Kier alpha value is -2.77. The highest BCUT2D eigenvalue weighted by Crippen LogP contribution is 2.42. The standard InChI is InChI=1S/C25H27FN4OS/c1-16-14-19(17(2)30(16)22-11-4-3-9-20(22)26)24-23(21-10-5-6-12-27-21)28-25(32)29(24)15-18-8-7-13-31-18/h3-6,9-12,14,18,23-24H,7-8,13,15H2,1-2H3,(H,28,32)/t18-,23+,24-/m0/s1. The number of halogens is 1. The van der Waals surface area contributed by atoms with E-state index in [1.807, 2.05) is 48.0 Å². The van der Waals surface area contributed by atoms with E-state index in [2.05, 4.69) is 28.2 Å². The number of ether oxygens (including phenoxy) is 1. The van der Waals surface area contributed by atoms with E-state index in [9.17, 15) is 4.39 Å². The Labute approximate surface area is 193 Å². The Morgan fingerprint density at radius 1 is 1.19 bits per heavy atom. The zero-order valence-electron chi connectivity index (χ0n) is 18.3. The number of rotatable bonds is 5. The lowest BCUT2D eigenvalue weighted by Gasteiger charge is -2.30. The first-order valence-corrected chi connectivity index (χ1v) is 11.5. The molecule has 3 atom stereocenters. The zero-order chi connectivity index (χ0) is 22.2. The fourth-order valence-electron chi connectivity index (χ4n) is 5.04. The first-order chi connectivity index (χ1) is 15.5. The van der Waals surface area contributed by atoms with Crippen molar-refractivity contribution < 1.29 is 9.13 Å². The molecule has 0 aliphatic carbocycles. The molecule has 1 N–H and O–H groups in total. The smallest absolute Gasteiger partial charge is 0.170 e. The maximum atomic E-state index is 14.7. The fraction of sp³-hybridized carbons (Fsp3) is 0.360. The average molecular weight is 451 g/mol. The van der Waals surface area contributed by atoms with E-state index in [4.69, 9.17) is 17.0 Å². The van der Waals surface area contributed by atoms with Crippen molar-refractivity contribution in [1.29, 1.82) is 0 Å². The van der Waals surface area contributed by atoms with Crippen LogP contribution in [-0.4, -0.2) is 38.8 Å². The lowest BCUT2D eigenvalue weighted by Crippen LogP contribution is -2.36. The minimum atomic E-state index is -0.238. The van der Waals surface area contributed by atoms with Gasteiger partial charge in [0.05, 0.1) is 29.6 Å². The monoisotopic (exact) mass is 450 g/mol. The van der Waals surface area contributed by atoms with Crippen molar-refractivity contribution in [3.8, 4) is 5.69 Å². The van der Waals surface area contributed by atoms with Crippen LogP contribution in [0.3, 0.4) is 0 Å². The molecule has 2 fully saturated rings. The van der Waals surface area contributed by atoms with Crippen LogP contribution in [0.5, 0.6) is 0 Å². The molecule has 2 aromatic heterocycles. The highest BCUT2D eigenvalue weighted by Gasteiger charge is 2.42. The van der Waals surface area contributed by atoms with Gasteiger partial charge < -0.3 is 19.5 Å². The lowest BCUT2D eigenvalue weighted by molar-refractivity contribution is 0.0842. The van der Waals surface area contributed by atoms with Gasteiger partial charge in [0, 0.05) is 30.7 Å². The molecule has 0 saturated carbocycles. The van der Waals surface area contributed by atoms with Crippen LogP contribution < -0.4 is 5.32 Å². The second-order valence-corrected chi connectivity index (χ2v) is 8.91. The van der Waals surface area contributed by atoms with Gasteiger partial charge >= 0.3 is 0 Å². The Balaban J connectivity index is 1.60. The summed E-state index contributed by atoms with van der Waals surface area (Å²) in [7, 11) is 0. The SMILES string of the molecule is Cc1cc([C@H]2[C@@H](c3ccccn3)NC(=S)N2C[C@@H]2CCCO2)c(C)n1-c1ccccc1F. The highest BCUT2D eigenvalue weighted by molar-refractivity contribution is 7.80. The molecule has 2 saturated heterocycles. The van der Waals surface area contributed by atoms with E-state index in [-0.39, 0.29) is 24.0 Å². The van der Waals surface area contributed by atoms with E-state index >= 15 is 0 Å². The molecule has 32 heavy (non-hydrogen) atoms. The molecule has 2 aliphatic rings. The van der Waals surface area contributed by atoms with Crippen LogP contribution in [0.2, 0.25) is 0 Å². The van der Waals surface area contributed by atoms with Crippen molar-refractivity contribution in [3.63, 3.8) is 0 Å². The van der Waals surface area contributed by atoms with Crippen molar-refractivity contribution in [3.05, 3.63) is 83.2 Å². The molecule has 2 aliphatic heterocycles. The maximum Gasteiger partial charge on any atom is 0.170 e. The molecule has 0 bridgehead atoms. The molecular formula is C25H27FN4OS. The molecule has 5 nitrogen and oxygen atoms in total. The van der Waals surface area contributed by atoms with Crippen LogP contribution in [0.4, 0.5) is 4.39 Å². The third kappa shape index (κ3) is 3.69. The van der Waals surface area contributed by atoms with Crippen molar-refractivity contribution in [2.45, 2.75) is 44.9 Å². The molecule has 0 amide bonds. The third-order valence-electron chi connectivity index (χ3n) is 6.50. The van der Waals surface area contributed by atoms with E-state index in [0.717, 1.165) is 48.6 Å². The normalized spacial score (nSPS) is 23.0. The molecular weight excluding hydrogens is 423 g/mol. The van der Waals surface area contributed by atoms with Crippen LogP contribution in [0.15, 0.2) is 54.7 Å². The van der Waals surface area contributed by atoms with Gasteiger partial charge in [-0.1, -0.05) is 18.2 Å². The molecule has 7 heteroatoms. The number of aryl methyl sites for hydroxylation is 1. The molecule has 166 valence electrons. The predicted molar refractivity (Wildman–Crippen MR) is 126 cm³/mol. The van der Waals surface area contributed by atoms with E-state index < -0.39 is 0 Å². The van der Waals surface area contributed by atoms with Crippen LogP contribution in [0.25, 0.3) is 5.69 Å². The Morgan fingerprint density at radius 2 is 2.00 bits per heavy atom. The Morgan fingerprint density at radius 3 is 2.72 bits per heavy atom. The second kappa shape index (κ2) is 8.64. The summed E-state index contributed by atoms with van der Waals surface area (Å²) < 4.78 is 22.6. The van der Waals surface area contributed by atoms with E-state index in [1.165, 1.54) is 6.07 Å². The number of para-hydroxylation sites is 1. The van der Waals surface area contributed by atoms with Gasteiger partial charge in [-0.3, -0.25) is 4.98 Å². The van der Waals surface area contributed by atoms with Crippen LogP contribution in [0.1, 0.15) is 47.6 Å². The summed E-state index contributed by atoms with van der Waals surface area (Å²) in [5.74, 6) is -0.238. The lowest BCUT2D eigenvalue weighted by atomic mass is 9.96. The molecule has 0 radical (unpaired) electrons. The van der Waals surface area contributed by atoms with E-state index in [0.29, 0.717) is 10.8 Å². The van der Waals surface area contributed by atoms with E-state index in [1.54, 1.807) is 6.07 Å². The summed E-state index contributed by atoms with van der Waals surface area (Å²) in [6.45, 7) is 5.59. The van der Waals surface area contributed by atoms with Crippen molar-refractivity contribution in [2.24, 2.45) is 0 Å². The molecule has 0 unspecified atom stereocenters. The number of thiocarbonyl (C=S) groups is 1. The van der Waals surface area contributed by atoms with Gasteiger partial charge in [-0.15, -0.1) is 0 Å². The topological polar surface area (TPSA) is 42.3 Å². The predicted octanol–water partition coefficient (Wildman–Crippen LogP) is 4.78. The minimum absolute atomic E-state index is 0.0617. The first-order valence-electron chi connectivity index (χ1n) is 11.1. The number of hydrogen-bond acceptors (Lipinski definition) is 3. The summed E-state index contributed by atoms with van der Waals surface area (Å²) in [6.07, 6.45) is 4.08. The van der Waals surface area contributed by atoms with Gasteiger partial charge in [0.1, 0.15) is 5.82 Å². The molecule has 1 aromatic carbocycles. The summed E-state index contributed by atoms with van der Waals surface area (Å²) in [4.78, 5) is 6.86. The third-order valence-corrected chi connectivity index (χ3v) is 6.86. The first kappa shape index (κ1) is 21.1. The van der Waals surface area contributed by atoms with Crippen LogP contribution >= 0.6 is 12.2 Å². The number of aromatic nitrogens is 2. The number of pyridine rings is 1. The number of nitrogens with one attached hydrogen (secondary N) is 1. The summed E-state index contributed by atoms with van der Waals surface area (Å²) in [5, 5.41) is 4.21. The molecule has 4 heterocycles. The van der Waals surface area contributed by atoms with Gasteiger partial charge in [0.25, 0.3) is 0 Å². The Kier molecular flexibility index (Phi) is 5.69. The summed E-state index contributed by atoms with van der Waals surface area (Å²) >= 11 is 5.79. The fourth-order valence-corrected chi connectivity index (χ4v) is 5.35. The van der Waals surface area contributed by atoms with Crippen molar-refractivity contribution in [1.82, 2.24) is 19.8 Å². The minimum Gasteiger partial charge on any atom is -0.376 e. The second-order valence-electron chi connectivity index (χ2n) is 8.53. The quantitative estimate of drug-likeness (QED) is 0.567. The largest absolute Gasteiger partial charge is 0.376 e. The van der Waals surface area contributed by atoms with Crippen molar-refractivity contribution in [2.75, 3.05) is 13.2 Å². The molecule has 5 rings (SSSR count). The average Bonchev–Trinajstić information content (AvgIpc) is 3.49. The molecule has 0 spiro atoms. The Bertz CT molecular complexity index is 1130. The molecule has 3 aromatic rings. The maximum absolute atomic E-state index is 14.7. The summed E-state index contributed by atoms with van der Waals surface area (Å²) in [5.41, 5.74) is 4.60. The zero-order valence-corrected chi connectivity index (χ0v) is 19.1. The summed E-state index contributed by atoms with van der Waals surface area (Å²) in [6, 6.07) is 14.8. The van der Waals surface area contributed by atoms with Crippen molar-refractivity contribution >= 4 is 17.3 Å². The van der Waals surface area contributed by atoms with Crippen LogP contribution in [0, 0.1) is 19.7 Å². The van der Waals surface area contributed by atoms with Crippen LogP contribution in [-0.2, 0) is 4.74 Å². The van der Waals surface area contributed by atoms with Gasteiger partial charge in [-0.2, -0.15) is 0 Å². The van der Waals surface area contributed by atoms with Gasteiger partial charge in [-0.05, 0) is 74.8 Å². The number of hydrogen-bond donors (Lipinski definition) is 1. The van der Waals surface area contributed by atoms with Gasteiger partial charge in [0.15, 0.2) is 5.11 Å². The van der Waals surface area contributed by atoms with Gasteiger partial charge in [0.2, 0.25) is 0 Å². The van der Waals surface area contributed by atoms with Gasteiger partial charge in [-0.25, -0.2) is 4.39 Å². The highest BCUT2D eigenvalue weighted by atomic mass is 32.1. The number of nitrogens with zero attached hydrogens (tertiary/aromatic N) is 3.